The quantitative estimate of drug-likeness (QED) is 0.519. The molecule has 7 heteroatoms. The van der Waals surface area contributed by atoms with Gasteiger partial charge in [0, 0.05) is 23.8 Å². The van der Waals surface area contributed by atoms with E-state index in [1.54, 1.807) is 4.68 Å². The van der Waals surface area contributed by atoms with E-state index in [0.29, 0.717) is 31.7 Å². The monoisotopic (exact) mass is 420 g/mol. The summed E-state index contributed by atoms with van der Waals surface area (Å²) in [5, 5.41) is 7.56. The third kappa shape index (κ3) is 5.11. The smallest absolute Gasteiger partial charge is 0.336 e. The van der Waals surface area contributed by atoms with Gasteiger partial charge in [-0.05, 0) is 51.0 Å². The molecule has 0 bridgehead atoms. The summed E-state index contributed by atoms with van der Waals surface area (Å²) in [5.41, 5.74) is 3.74. The molecule has 162 valence electrons. The Morgan fingerprint density at radius 3 is 2.48 bits per heavy atom. The molecule has 0 spiro atoms. The van der Waals surface area contributed by atoms with Crippen LogP contribution in [0.4, 0.5) is 5.69 Å². The van der Waals surface area contributed by atoms with Crippen LogP contribution in [0.25, 0.3) is 17.1 Å². The molecule has 1 aromatic heterocycles. The molecule has 1 saturated carbocycles. The highest BCUT2D eigenvalue weighted by atomic mass is 16.5. The third-order valence-corrected chi connectivity index (χ3v) is 5.42. The zero-order chi connectivity index (χ0) is 21.6. The van der Waals surface area contributed by atoms with E-state index in [1.807, 2.05) is 62.4 Å². The molecule has 1 fully saturated rings. The molecule has 0 radical (unpaired) electrons. The van der Waals surface area contributed by atoms with Gasteiger partial charge in [0.15, 0.2) is 5.82 Å². The number of carbonyl (C=O) groups is 1. The summed E-state index contributed by atoms with van der Waals surface area (Å²) < 4.78 is 12.8. The van der Waals surface area contributed by atoms with Crippen molar-refractivity contribution in [1.82, 2.24) is 14.8 Å². The maximum Gasteiger partial charge on any atom is 0.336 e. The Bertz CT molecular complexity index is 1010. The van der Waals surface area contributed by atoms with Crippen LogP contribution in [0, 0.1) is 12.8 Å². The van der Waals surface area contributed by atoms with Gasteiger partial charge in [-0.25, -0.2) is 4.68 Å². The topological polar surface area (TPSA) is 78.3 Å². The second-order valence-corrected chi connectivity index (χ2v) is 7.71. The Morgan fingerprint density at radius 2 is 1.84 bits per heavy atom. The number of hydrogen-bond acceptors (Lipinski definition) is 5. The van der Waals surface area contributed by atoms with Gasteiger partial charge in [-0.15, -0.1) is 5.10 Å². The van der Waals surface area contributed by atoms with Gasteiger partial charge in [0.1, 0.15) is 6.61 Å². The molecule has 2 aromatic carbocycles. The molecule has 1 aliphatic rings. The SMILES string of the molecule is CCOCCOc1nc(-c2ccc(C)cc2)n(-c2ccc(NC(=O)C3CCC3)cc2)n1. The minimum Gasteiger partial charge on any atom is -0.460 e. The van der Waals surface area contributed by atoms with Crippen LogP contribution >= 0.6 is 0 Å². The minimum atomic E-state index is 0.102. The van der Waals surface area contributed by atoms with Crippen molar-refractivity contribution in [3.63, 3.8) is 0 Å². The molecule has 1 amide bonds. The first-order valence-corrected chi connectivity index (χ1v) is 10.8. The number of rotatable bonds is 9. The van der Waals surface area contributed by atoms with Crippen molar-refractivity contribution in [3.8, 4) is 23.1 Å². The molecule has 0 saturated heterocycles. The lowest BCUT2D eigenvalue weighted by molar-refractivity contribution is -0.122. The van der Waals surface area contributed by atoms with E-state index in [0.717, 1.165) is 36.2 Å². The Morgan fingerprint density at radius 1 is 1.10 bits per heavy atom. The molecule has 1 heterocycles. The normalized spacial score (nSPS) is 13.6. The van der Waals surface area contributed by atoms with E-state index in [2.05, 4.69) is 15.4 Å². The number of nitrogens with one attached hydrogen (secondary N) is 1. The van der Waals surface area contributed by atoms with Crippen LogP contribution in [-0.4, -0.2) is 40.5 Å². The van der Waals surface area contributed by atoms with Crippen molar-refractivity contribution >= 4 is 11.6 Å². The van der Waals surface area contributed by atoms with Crippen molar-refractivity contribution in [1.29, 1.82) is 0 Å². The van der Waals surface area contributed by atoms with E-state index in [9.17, 15) is 4.79 Å². The van der Waals surface area contributed by atoms with E-state index < -0.39 is 0 Å². The molecule has 3 aromatic rings. The van der Waals surface area contributed by atoms with Gasteiger partial charge in [-0.3, -0.25) is 4.79 Å². The van der Waals surface area contributed by atoms with Gasteiger partial charge in [-0.2, -0.15) is 4.98 Å². The Hall–Kier alpha value is -3.19. The van der Waals surface area contributed by atoms with Crippen molar-refractivity contribution in [2.45, 2.75) is 33.1 Å². The summed E-state index contributed by atoms with van der Waals surface area (Å²) in [7, 11) is 0. The average molecular weight is 421 g/mol. The highest BCUT2D eigenvalue weighted by molar-refractivity contribution is 5.93. The number of carbonyl (C=O) groups excluding carboxylic acids is 1. The lowest BCUT2D eigenvalue weighted by Gasteiger charge is -2.24. The van der Waals surface area contributed by atoms with Crippen LogP contribution in [0.2, 0.25) is 0 Å². The van der Waals surface area contributed by atoms with Gasteiger partial charge in [0.05, 0.1) is 12.3 Å². The predicted molar refractivity (Wildman–Crippen MR) is 119 cm³/mol. The third-order valence-electron chi connectivity index (χ3n) is 5.42. The summed E-state index contributed by atoms with van der Waals surface area (Å²) in [4.78, 5) is 16.8. The molecule has 0 aliphatic heterocycles. The fourth-order valence-electron chi connectivity index (χ4n) is 3.36. The lowest BCUT2D eigenvalue weighted by atomic mass is 9.85. The molecule has 1 N–H and O–H groups in total. The van der Waals surface area contributed by atoms with E-state index in [1.165, 1.54) is 5.56 Å². The van der Waals surface area contributed by atoms with Crippen LogP contribution in [0.3, 0.4) is 0 Å². The number of ether oxygens (including phenoxy) is 2. The summed E-state index contributed by atoms with van der Waals surface area (Å²) in [6.07, 6.45) is 3.10. The first kappa shape index (κ1) is 21.1. The first-order chi connectivity index (χ1) is 15.1. The molecule has 1 aliphatic carbocycles. The fourth-order valence-corrected chi connectivity index (χ4v) is 3.36. The Balaban J connectivity index is 1.56. The first-order valence-electron chi connectivity index (χ1n) is 10.8. The number of aromatic nitrogens is 3. The van der Waals surface area contributed by atoms with Gasteiger partial charge < -0.3 is 14.8 Å². The molecule has 0 unspecified atom stereocenters. The van der Waals surface area contributed by atoms with E-state index >= 15 is 0 Å². The molecule has 4 rings (SSSR count). The largest absolute Gasteiger partial charge is 0.460 e. The summed E-state index contributed by atoms with van der Waals surface area (Å²) in [5.74, 6) is 0.947. The van der Waals surface area contributed by atoms with Crippen molar-refractivity contribution in [2.75, 3.05) is 25.1 Å². The number of hydrogen-bond donors (Lipinski definition) is 1. The molecule has 0 atom stereocenters. The van der Waals surface area contributed by atoms with Gasteiger partial charge in [-0.1, -0.05) is 36.2 Å². The number of amides is 1. The fraction of sp³-hybridized carbons (Fsp3) is 0.375. The van der Waals surface area contributed by atoms with Crippen LogP contribution < -0.4 is 10.1 Å². The van der Waals surface area contributed by atoms with Crippen LogP contribution in [-0.2, 0) is 9.53 Å². The second-order valence-electron chi connectivity index (χ2n) is 7.71. The highest BCUT2D eigenvalue weighted by Gasteiger charge is 2.25. The number of benzene rings is 2. The molecular formula is C24H28N4O3. The number of aryl methyl sites for hydroxylation is 1. The average Bonchev–Trinajstić information content (AvgIpc) is 3.15. The summed E-state index contributed by atoms with van der Waals surface area (Å²) >= 11 is 0. The van der Waals surface area contributed by atoms with Gasteiger partial charge >= 0.3 is 6.01 Å². The van der Waals surface area contributed by atoms with Crippen molar-refractivity contribution in [3.05, 3.63) is 54.1 Å². The van der Waals surface area contributed by atoms with Crippen molar-refractivity contribution in [2.24, 2.45) is 5.92 Å². The van der Waals surface area contributed by atoms with Crippen LogP contribution in [0.1, 0.15) is 31.7 Å². The lowest BCUT2D eigenvalue weighted by Crippen LogP contribution is -2.27. The van der Waals surface area contributed by atoms with E-state index in [-0.39, 0.29) is 11.8 Å². The van der Waals surface area contributed by atoms with Crippen LogP contribution in [0.15, 0.2) is 48.5 Å². The summed E-state index contributed by atoms with van der Waals surface area (Å²) in [6, 6.07) is 16.1. The maximum absolute atomic E-state index is 12.2. The highest BCUT2D eigenvalue weighted by Crippen LogP contribution is 2.28. The second kappa shape index (κ2) is 9.75. The summed E-state index contributed by atoms with van der Waals surface area (Å²) in [6.45, 7) is 5.51. The number of nitrogens with zero attached hydrogens (tertiary/aromatic N) is 3. The van der Waals surface area contributed by atoms with E-state index in [4.69, 9.17) is 9.47 Å². The van der Waals surface area contributed by atoms with Crippen molar-refractivity contribution < 1.29 is 14.3 Å². The Kier molecular flexibility index (Phi) is 6.62. The minimum absolute atomic E-state index is 0.102. The van der Waals surface area contributed by atoms with Gasteiger partial charge in [0.25, 0.3) is 0 Å². The Labute approximate surface area is 182 Å². The molecular weight excluding hydrogens is 392 g/mol. The predicted octanol–water partition coefficient (Wildman–Crippen LogP) is 4.40. The maximum atomic E-state index is 12.2. The van der Waals surface area contributed by atoms with Gasteiger partial charge in [0.2, 0.25) is 5.91 Å². The zero-order valence-corrected chi connectivity index (χ0v) is 18.0. The zero-order valence-electron chi connectivity index (χ0n) is 18.0. The molecule has 31 heavy (non-hydrogen) atoms. The number of anilines is 1. The molecule has 7 nitrogen and oxygen atoms in total. The van der Waals surface area contributed by atoms with Crippen LogP contribution in [0.5, 0.6) is 6.01 Å². The standard InChI is InChI=1S/C24H28N4O3/c1-3-30-15-16-31-24-26-22(18-9-7-17(2)8-10-18)28(27-24)21-13-11-20(12-14-21)25-23(29)19-5-4-6-19/h7-14,19H,3-6,15-16H2,1-2H3,(H,25,29).